The molecule has 0 atom stereocenters. The van der Waals surface area contributed by atoms with Crippen LogP contribution in [0.4, 0.5) is 5.69 Å². The zero-order chi connectivity index (χ0) is 24.7. The van der Waals surface area contributed by atoms with Crippen molar-refractivity contribution in [2.75, 3.05) is 19.0 Å². The zero-order valence-electron chi connectivity index (χ0n) is 19.6. The molecule has 2 amide bonds. The first-order chi connectivity index (χ1) is 16.3. The second kappa shape index (κ2) is 11.9. The van der Waals surface area contributed by atoms with Crippen LogP contribution < -0.4 is 5.32 Å². The lowest BCUT2D eigenvalue weighted by Crippen LogP contribution is -2.29. The smallest absolute Gasteiger partial charge is 0.337 e. The Morgan fingerprint density at radius 1 is 1.06 bits per heavy atom. The van der Waals surface area contributed by atoms with Crippen molar-refractivity contribution in [1.82, 2.24) is 4.90 Å². The van der Waals surface area contributed by atoms with Crippen molar-refractivity contribution in [1.29, 1.82) is 0 Å². The second-order valence-electron chi connectivity index (χ2n) is 8.10. The monoisotopic (exact) mass is 496 g/mol. The average molecular weight is 497 g/mol. The predicted octanol–water partition coefficient (Wildman–Crippen LogP) is 5.49. The molecule has 0 saturated carbocycles. The number of benzene rings is 2. The predicted molar refractivity (Wildman–Crippen MR) is 141 cm³/mol. The van der Waals surface area contributed by atoms with Gasteiger partial charge in [0.25, 0.3) is 5.91 Å². The van der Waals surface area contributed by atoms with E-state index in [0.717, 1.165) is 36.1 Å². The van der Waals surface area contributed by atoms with Crippen molar-refractivity contribution in [2.45, 2.75) is 39.5 Å². The molecule has 178 valence electrons. The van der Waals surface area contributed by atoms with Crippen molar-refractivity contribution in [3.05, 3.63) is 69.6 Å². The van der Waals surface area contributed by atoms with Gasteiger partial charge in [0.1, 0.15) is 4.32 Å². The summed E-state index contributed by atoms with van der Waals surface area (Å²) in [5.41, 5.74) is 4.42. The fourth-order valence-corrected chi connectivity index (χ4v) is 4.76. The Morgan fingerprint density at radius 3 is 2.47 bits per heavy atom. The van der Waals surface area contributed by atoms with E-state index in [1.54, 1.807) is 35.2 Å². The number of unbranched alkanes of at least 4 members (excludes halogenated alkanes) is 2. The molecule has 0 aromatic heterocycles. The number of esters is 1. The van der Waals surface area contributed by atoms with Gasteiger partial charge in [0.15, 0.2) is 0 Å². The minimum absolute atomic E-state index is 0.00462. The van der Waals surface area contributed by atoms with E-state index < -0.39 is 5.97 Å². The van der Waals surface area contributed by atoms with Gasteiger partial charge in [0.2, 0.25) is 5.91 Å². The highest BCUT2D eigenvalue weighted by Crippen LogP contribution is 2.32. The summed E-state index contributed by atoms with van der Waals surface area (Å²) in [5.74, 6) is -0.518. The summed E-state index contributed by atoms with van der Waals surface area (Å²) in [5, 5.41) is 2.94. The van der Waals surface area contributed by atoms with E-state index in [-0.39, 0.29) is 11.8 Å². The fraction of sp³-hybridized carbons (Fsp3) is 0.308. The molecule has 34 heavy (non-hydrogen) atoms. The molecule has 0 spiro atoms. The number of amides is 2. The third-order valence-electron chi connectivity index (χ3n) is 5.58. The number of nitrogens with one attached hydrogen (secondary N) is 1. The zero-order valence-corrected chi connectivity index (χ0v) is 21.2. The van der Waals surface area contributed by atoms with Crippen molar-refractivity contribution < 1.29 is 19.1 Å². The molecular formula is C26H28N2O4S2. The Balaban J connectivity index is 1.43. The van der Waals surface area contributed by atoms with Crippen molar-refractivity contribution in [3.8, 4) is 0 Å². The number of carbonyl (C=O) groups excluding carboxylic acids is 3. The van der Waals surface area contributed by atoms with Crippen molar-refractivity contribution in [2.24, 2.45) is 0 Å². The maximum Gasteiger partial charge on any atom is 0.337 e. The molecule has 2 aromatic rings. The lowest BCUT2D eigenvalue weighted by atomic mass is 10.1. The minimum Gasteiger partial charge on any atom is -0.465 e. The maximum absolute atomic E-state index is 12.8. The lowest BCUT2D eigenvalue weighted by Gasteiger charge is -2.14. The highest BCUT2D eigenvalue weighted by atomic mass is 32.2. The number of thiocarbonyl (C=S) groups is 1. The third-order valence-corrected chi connectivity index (χ3v) is 6.96. The standard InChI is InChI=1S/C26H28N2O4S2/c1-17-8-13-21(15-18(17)2)27-23(29)7-5-4-6-14-28-24(30)22(34-26(28)33)16-19-9-11-20(12-10-19)25(31)32-3/h8-13,15-16H,4-7,14H2,1-3H3,(H,27,29). The number of aryl methyl sites for hydroxylation is 2. The Labute approximate surface area is 209 Å². The highest BCUT2D eigenvalue weighted by Gasteiger charge is 2.31. The number of rotatable bonds is 9. The van der Waals surface area contributed by atoms with Gasteiger partial charge in [-0.1, -0.05) is 48.6 Å². The fourth-order valence-electron chi connectivity index (χ4n) is 3.45. The van der Waals surface area contributed by atoms with Crippen LogP contribution in [0.25, 0.3) is 6.08 Å². The van der Waals surface area contributed by atoms with Gasteiger partial charge in [-0.15, -0.1) is 0 Å². The van der Waals surface area contributed by atoms with Crippen molar-refractivity contribution >= 4 is 57.8 Å². The SMILES string of the molecule is COC(=O)c1ccc(C=C2SC(=S)N(CCCCCC(=O)Nc3ccc(C)c(C)c3)C2=O)cc1. The van der Waals surface area contributed by atoms with Gasteiger partial charge < -0.3 is 10.1 Å². The first-order valence-electron chi connectivity index (χ1n) is 11.1. The van der Waals surface area contributed by atoms with E-state index in [9.17, 15) is 14.4 Å². The number of thioether (sulfide) groups is 1. The molecule has 0 aliphatic carbocycles. The normalized spacial score (nSPS) is 14.6. The Kier molecular flexibility index (Phi) is 9.01. The van der Waals surface area contributed by atoms with E-state index in [1.807, 2.05) is 32.0 Å². The average Bonchev–Trinajstić information content (AvgIpc) is 3.08. The maximum atomic E-state index is 12.8. The molecule has 1 N–H and O–H groups in total. The summed E-state index contributed by atoms with van der Waals surface area (Å²) >= 11 is 6.67. The van der Waals surface area contributed by atoms with E-state index >= 15 is 0 Å². The third kappa shape index (κ3) is 6.77. The molecule has 8 heteroatoms. The molecule has 3 rings (SSSR count). The van der Waals surface area contributed by atoms with Crippen LogP contribution in [0.15, 0.2) is 47.4 Å². The lowest BCUT2D eigenvalue weighted by molar-refractivity contribution is -0.122. The Bertz CT molecular complexity index is 1130. The first kappa shape index (κ1) is 25.6. The molecular weight excluding hydrogens is 468 g/mol. The van der Waals surface area contributed by atoms with Crippen LogP contribution in [0.1, 0.15) is 52.7 Å². The molecule has 2 aromatic carbocycles. The summed E-state index contributed by atoms with van der Waals surface area (Å²) in [6.07, 6.45) is 4.55. The van der Waals surface area contributed by atoms with E-state index in [1.165, 1.54) is 24.4 Å². The number of anilines is 1. The van der Waals surface area contributed by atoms with Crippen LogP contribution in [0, 0.1) is 13.8 Å². The van der Waals surface area contributed by atoms with Gasteiger partial charge in [0, 0.05) is 18.7 Å². The number of ether oxygens (including phenoxy) is 1. The number of carbonyl (C=O) groups is 3. The summed E-state index contributed by atoms with van der Waals surface area (Å²) in [7, 11) is 1.34. The topological polar surface area (TPSA) is 75.7 Å². The van der Waals surface area contributed by atoms with Crippen LogP contribution in [-0.2, 0) is 14.3 Å². The van der Waals surface area contributed by atoms with Gasteiger partial charge in [0.05, 0.1) is 17.6 Å². The molecule has 6 nitrogen and oxygen atoms in total. The largest absolute Gasteiger partial charge is 0.465 e. The summed E-state index contributed by atoms with van der Waals surface area (Å²) in [6, 6.07) is 12.7. The molecule has 1 aliphatic rings. The van der Waals surface area contributed by atoms with Gasteiger partial charge in [-0.3, -0.25) is 14.5 Å². The van der Waals surface area contributed by atoms with Crippen LogP contribution in [0.2, 0.25) is 0 Å². The van der Waals surface area contributed by atoms with Crippen LogP contribution >= 0.6 is 24.0 Å². The minimum atomic E-state index is -0.402. The van der Waals surface area contributed by atoms with Gasteiger partial charge in [-0.2, -0.15) is 0 Å². The van der Waals surface area contributed by atoms with E-state index in [2.05, 4.69) is 5.32 Å². The van der Waals surface area contributed by atoms with Gasteiger partial charge in [-0.05, 0) is 73.7 Å². The first-order valence-corrected chi connectivity index (χ1v) is 12.3. The molecule has 0 unspecified atom stereocenters. The Hall–Kier alpha value is -2.97. The molecule has 1 saturated heterocycles. The number of nitrogens with zero attached hydrogens (tertiary/aromatic N) is 1. The Morgan fingerprint density at radius 2 is 1.79 bits per heavy atom. The summed E-state index contributed by atoms with van der Waals surface area (Å²) in [6.45, 7) is 4.59. The van der Waals surface area contributed by atoms with Crippen LogP contribution in [0.3, 0.4) is 0 Å². The number of methoxy groups -OCH3 is 1. The molecule has 0 bridgehead atoms. The number of hydrogen-bond acceptors (Lipinski definition) is 6. The van der Waals surface area contributed by atoms with E-state index in [4.69, 9.17) is 17.0 Å². The van der Waals surface area contributed by atoms with Gasteiger partial charge >= 0.3 is 5.97 Å². The molecule has 1 heterocycles. The molecule has 1 aliphatic heterocycles. The number of hydrogen-bond donors (Lipinski definition) is 1. The van der Waals surface area contributed by atoms with Crippen LogP contribution in [-0.4, -0.2) is 40.7 Å². The quantitative estimate of drug-likeness (QED) is 0.214. The van der Waals surface area contributed by atoms with E-state index in [0.29, 0.717) is 27.8 Å². The highest BCUT2D eigenvalue weighted by molar-refractivity contribution is 8.26. The molecule has 0 radical (unpaired) electrons. The summed E-state index contributed by atoms with van der Waals surface area (Å²) < 4.78 is 5.24. The summed E-state index contributed by atoms with van der Waals surface area (Å²) in [4.78, 5) is 38.7. The van der Waals surface area contributed by atoms with Gasteiger partial charge in [-0.25, -0.2) is 4.79 Å². The van der Waals surface area contributed by atoms with Crippen molar-refractivity contribution in [3.63, 3.8) is 0 Å². The van der Waals surface area contributed by atoms with Crippen LogP contribution in [0.5, 0.6) is 0 Å². The molecule has 1 fully saturated rings. The second-order valence-corrected chi connectivity index (χ2v) is 9.78.